The van der Waals surface area contributed by atoms with Gasteiger partial charge in [0.1, 0.15) is 0 Å². The van der Waals surface area contributed by atoms with Crippen molar-refractivity contribution in [2.45, 2.75) is 13.8 Å². The van der Waals surface area contributed by atoms with Gasteiger partial charge in [0.15, 0.2) is 0 Å². The van der Waals surface area contributed by atoms with Gasteiger partial charge >= 0.3 is 0 Å². The molecule has 3 heteroatoms. The van der Waals surface area contributed by atoms with Crippen molar-refractivity contribution in [3.63, 3.8) is 0 Å². The number of hydrogen-bond acceptors (Lipinski definition) is 0. The molecule has 0 radical (unpaired) electrons. The molecule has 0 aliphatic heterocycles. The summed E-state index contributed by atoms with van der Waals surface area (Å²) in [6.07, 6.45) is 6.79. The number of allylic oxidation sites excluding steroid dienone is 4. The molecule has 0 amide bonds. The molecule has 0 bridgehead atoms. The first kappa shape index (κ1) is 11.6. The van der Waals surface area contributed by atoms with Crippen LogP contribution in [0.15, 0.2) is 34.3 Å². The van der Waals surface area contributed by atoms with Gasteiger partial charge in [-0.05, 0) is 33.3 Å². The highest BCUT2D eigenvalue weighted by Crippen LogP contribution is 2.41. The van der Waals surface area contributed by atoms with E-state index in [9.17, 15) is 0 Å². The number of halogens is 2. The first-order valence-electron chi connectivity index (χ1n) is 5.60. The van der Waals surface area contributed by atoms with Crippen LogP contribution in [0.1, 0.15) is 13.8 Å². The van der Waals surface area contributed by atoms with Gasteiger partial charge in [0.2, 0.25) is 0 Å². The lowest BCUT2D eigenvalue weighted by atomic mass is 9.77. The Morgan fingerprint density at radius 3 is 2.76 bits per heavy atom. The molecule has 0 atom stereocenters. The van der Waals surface area contributed by atoms with Gasteiger partial charge in [0.25, 0.3) is 0 Å². The predicted octanol–water partition coefficient (Wildman–Crippen LogP) is 2.60. The minimum atomic E-state index is 0.0819. The maximum absolute atomic E-state index is 6.14. The van der Waals surface area contributed by atoms with Crippen LogP contribution in [0.2, 0.25) is 4.63 Å². The number of fused-ring (bicyclic) bond motifs is 2. The van der Waals surface area contributed by atoms with E-state index >= 15 is 0 Å². The summed E-state index contributed by atoms with van der Waals surface area (Å²) < 4.78 is 2.18. The van der Waals surface area contributed by atoms with Crippen LogP contribution in [0.25, 0.3) is 11.6 Å². The molecule has 17 heavy (non-hydrogen) atoms. The summed E-state index contributed by atoms with van der Waals surface area (Å²) in [6, 6.07) is 4.23. The Hall–Kier alpha value is -0.443. The molecule has 0 fully saturated rings. The molecule has 3 rings (SSSR count). The first-order valence-corrected chi connectivity index (χ1v) is 7.92. The Kier molecular flexibility index (Phi) is 2.58. The van der Waals surface area contributed by atoms with E-state index in [-0.39, 0.29) is 14.5 Å². The number of rotatable bonds is 0. The molecular formula is C14H12BrClSi. The van der Waals surface area contributed by atoms with Crippen molar-refractivity contribution in [3.8, 4) is 0 Å². The SMILES string of the molecule is CC1(C)C=C(Br)C=C2C=c3[siH]c(Cl)ccc3=C21. The second-order valence-electron chi connectivity index (χ2n) is 5.10. The van der Waals surface area contributed by atoms with E-state index in [1.54, 1.807) is 0 Å². The van der Waals surface area contributed by atoms with E-state index in [1.165, 1.54) is 25.7 Å². The van der Waals surface area contributed by atoms with E-state index < -0.39 is 0 Å². The third-order valence-electron chi connectivity index (χ3n) is 3.32. The van der Waals surface area contributed by atoms with E-state index in [4.69, 9.17) is 11.6 Å². The van der Waals surface area contributed by atoms with Crippen molar-refractivity contribution in [1.82, 2.24) is 0 Å². The lowest BCUT2D eigenvalue weighted by Gasteiger charge is -2.28. The summed E-state index contributed by atoms with van der Waals surface area (Å²) >= 11 is 9.74. The van der Waals surface area contributed by atoms with Crippen molar-refractivity contribution in [2.24, 2.45) is 5.41 Å². The van der Waals surface area contributed by atoms with Gasteiger partial charge in [-0.1, -0.05) is 59.6 Å². The van der Waals surface area contributed by atoms with Crippen molar-refractivity contribution in [1.29, 1.82) is 0 Å². The third-order valence-corrected chi connectivity index (χ3v) is 5.49. The highest BCUT2D eigenvalue weighted by Gasteiger charge is 2.29. The fraction of sp³-hybridized carbons (Fsp3) is 0.214. The van der Waals surface area contributed by atoms with Crippen molar-refractivity contribution >= 4 is 48.3 Å². The van der Waals surface area contributed by atoms with Crippen LogP contribution in [0.4, 0.5) is 0 Å². The molecule has 0 aromatic carbocycles. The van der Waals surface area contributed by atoms with Crippen LogP contribution in [0, 0.1) is 5.41 Å². The monoisotopic (exact) mass is 322 g/mol. The van der Waals surface area contributed by atoms with E-state index in [1.807, 2.05) is 0 Å². The molecule has 86 valence electrons. The zero-order valence-corrected chi connectivity index (χ0v) is 13.2. The van der Waals surface area contributed by atoms with Crippen LogP contribution >= 0.6 is 27.5 Å². The summed E-state index contributed by atoms with van der Waals surface area (Å²) in [5.41, 5.74) is 2.88. The van der Waals surface area contributed by atoms with Gasteiger partial charge in [0.05, 0.1) is 9.12 Å². The van der Waals surface area contributed by atoms with Crippen LogP contribution in [-0.4, -0.2) is 9.12 Å². The van der Waals surface area contributed by atoms with E-state index in [0.29, 0.717) is 0 Å². The van der Waals surface area contributed by atoms with E-state index in [2.05, 4.69) is 60.1 Å². The lowest BCUT2D eigenvalue weighted by molar-refractivity contribution is 0.643. The average Bonchev–Trinajstić information content (AvgIpc) is 2.53. The maximum Gasteiger partial charge on any atom is 0.0542 e. The first-order chi connectivity index (χ1) is 7.97. The highest BCUT2D eigenvalue weighted by atomic mass is 79.9. The van der Waals surface area contributed by atoms with Crippen LogP contribution in [0.3, 0.4) is 0 Å². The minimum Gasteiger partial charge on any atom is -0.0902 e. The Morgan fingerprint density at radius 2 is 2.00 bits per heavy atom. The summed E-state index contributed by atoms with van der Waals surface area (Å²) in [4.78, 5) is 1.43. The van der Waals surface area contributed by atoms with Gasteiger partial charge in [0, 0.05) is 14.5 Å². The second kappa shape index (κ2) is 3.77. The lowest BCUT2D eigenvalue weighted by Crippen LogP contribution is -2.30. The standard InChI is InChI=1S/C14H12BrClSi/c1-14(2)7-9(15)5-8-6-11-10(13(8)14)3-4-12(16)17-11/h3-7,17H,1-2H3. The molecule has 0 spiro atoms. The predicted molar refractivity (Wildman–Crippen MR) is 80.2 cm³/mol. The van der Waals surface area contributed by atoms with Crippen LogP contribution < -0.4 is 10.0 Å². The van der Waals surface area contributed by atoms with Crippen molar-refractivity contribution in [2.75, 3.05) is 0 Å². The molecule has 0 N–H and O–H groups in total. The zero-order valence-electron chi connectivity index (χ0n) is 9.72. The Bertz CT molecular complexity index is 695. The largest absolute Gasteiger partial charge is 0.0902 e. The fourth-order valence-corrected chi connectivity index (χ4v) is 5.10. The Balaban J connectivity index is 2.42. The molecular weight excluding hydrogens is 312 g/mol. The zero-order chi connectivity index (χ0) is 12.2. The van der Waals surface area contributed by atoms with Gasteiger partial charge < -0.3 is 0 Å². The molecule has 0 saturated heterocycles. The highest BCUT2D eigenvalue weighted by molar-refractivity contribution is 9.11. The molecule has 0 saturated carbocycles. The maximum atomic E-state index is 6.14. The number of hydrogen-bond donors (Lipinski definition) is 0. The topological polar surface area (TPSA) is 0 Å². The molecule has 2 aliphatic carbocycles. The summed E-state index contributed by atoms with van der Waals surface area (Å²) in [7, 11) is 0.0819. The molecule has 0 unspecified atom stereocenters. The molecule has 1 heterocycles. The molecule has 1 aromatic heterocycles. The van der Waals surface area contributed by atoms with Gasteiger partial charge in [-0.25, -0.2) is 0 Å². The third kappa shape index (κ3) is 1.83. The Labute approximate surface area is 116 Å². The summed E-state index contributed by atoms with van der Waals surface area (Å²) in [5.74, 6) is 0. The van der Waals surface area contributed by atoms with Crippen LogP contribution in [-0.2, 0) is 0 Å². The van der Waals surface area contributed by atoms with Crippen LogP contribution in [0.5, 0.6) is 0 Å². The molecule has 1 aromatic rings. The van der Waals surface area contributed by atoms with Gasteiger partial charge in [-0.15, -0.1) is 0 Å². The minimum absolute atomic E-state index is 0.0819. The normalized spacial score (nSPS) is 20.1. The molecule has 2 aliphatic rings. The van der Waals surface area contributed by atoms with Crippen molar-refractivity contribution in [3.05, 3.63) is 49.0 Å². The smallest absolute Gasteiger partial charge is 0.0542 e. The second-order valence-corrected chi connectivity index (χ2v) is 8.35. The van der Waals surface area contributed by atoms with Gasteiger partial charge in [-0.3, -0.25) is 0 Å². The van der Waals surface area contributed by atoms with E-state index in [0.717, 1.165) is 4.63 Å². The quantitative estimate of drug-likeness (QED) is 0.644. The summed E-state index contributed by atoms with van der Waals surface area (Å²) in [6.45, 7) is 4.53. The van der Waals surface area contributed by atoms with Gasteiger partial charge in [-0.2, -0.15) is 0 Å². The fourth-order valence-electron chi connectivity index (χ4n) is 2.72. The van der Waals surface area contributed by atoms with Crippen molar-refractivity contribution < 1.29 is 0 Å². The average molecular weight is 324 g/mol. The molecule has 0 nitrogen and oxygen atoms in total. The summed E-state index contributed by atoms with van der Waals surface area (Å²) in [5, 5.41) is 1.40. The Morgan fingerprint density at radius 1 is 1.24 bits per heavy atom.